The van der Waals surface area contributed by atoms with Gasteiger partial charge in [-0.05, 0) is 19.8 Å². The predicted molar refractivity (Wildman–Crippen MR) is 88.9 cm³/mol. The van der Waals surface area contributed by atoms with Crippen LogP contribution in [0.25, 0.3) is 0 Å². The van der Waals surface area contributed by atoms with Crippen molar-refractivity contribution in [1.29, 1.82) is 0 Å². The van der Waals surface area contributed by atoms with E-state index in [-0.39, 0.29) is 18.9 Å². The number of nitrogens with one attached hydrogen (secondary N) is 2. The summed E-state index contributed by atoms with van der Waals surface area (Å²) in [6.45, 7) is 1.52. The first-order valence-corrected chi connectivity index (χ1v) is 7.47. The van der Waals surface area contributed by atoms with Gasteiger partial charge in [-0.15, -0.1) is 0 Å². The molecule has 0 saturated heterocycles. The molecule has 3 amide bonds. The molecule has 0 unspecified atom stereocenters. The van der Waals surface area contributed by atoms with Gasteiger partial charge in [-0.25, -0.2) is 0 Å². The number of carbonyl (C=O) groups is 4. The highest BCUT2D eigenvalue weighted by atomic mass is 16.4. The Bertz CT molecular complexity index is 533. The number of amides is 3. The van der Waals surface area contributed by atoms with E-state index in [1.54, 1.807) is 0 Å². The summed E-state index contributed by atoms with van der Waals surface area (Å²) in [5.74, 6) is -3.73. The summed E-state index contributed by atoms with van der Waals surface area (Å²) in [4.78, 5) is 49.6. The van der Waals surface area contributed by atoms with E-state index in [9.17, 15) is 19.2 Å². The van der Waals surface area contributed by atoms with Gasteiger partial charge in [0.1, 0.15) is 12.1 Å². The van der Waals surface area contributed by atoms with Crippen molar-refractivity contribution in [3.63, 3.8) is 0 Å². The number of carboxylic acids is 1. The zero-order chi connectivity index (χ0) is 19.6. The summed E-state index contributed by atoms with van der Waals surface area (Å²) in [7, 11) is 0. The van der Waals surface area contributed by atoms with Crippen LogP contribution in [0.1, 0.15) is 26.2 Å². The molecule has 0 aliphatic heterocycles. The molecule has 0 fully saturated rings. The van der Waals surface area contributed by atoms with Crippen LogP contribution >= 0.6 is 0 Å². The Labute approximate surface area is 144 Å². The average molecular weight is 359 g/mol. The molecule has 0 aromatic rings. The molecule has 0 aliphatic carbocycles. The molecule has 11 N–H and O–H groups in total. The fourth-order valence-electron chi connectivity index (χ4n) is 1.72. The zero-order valence-corrected chi connectivity index (χ0v) is 13.9. The topological polar surface area (TPSA) is 229 Å². The van der Waals surface area contributed by atoms with Gasteiger partial charge in [0, 0.05) is 6.54 Å². The van der Waals surface area contributed by atoms with Crippen molar-refractivity contribution in [3.05, 3.63) is 0 Å². The first-order valence-electron chi connectivity index (χ1n) is 7.47. The molecule has 0 saturated carbocycles. The summed E-state index contributed by atoms with van der Waals surface area (Å²) in [5, 5.41) is 13.2. The van der Waals surface area contributed by atoms with Gasteiger partial charge in [-0.2, -0.15) is 0 Å². The van der Waals surface area contributed by atoms with Crippen LogP contribution < -0.4 is 33.6 Å². The number of aliphatic imine (C=N–C) groups is 1. The minimum atomic E-state index is -1.32. The lowest BCUT2D eigenvalue weighted by atomic mass is 10.1. The largest absolute Gasteiger partial charge is 0.480 e. The first-order chi connectivity index (χ1) is 11.5. The zero-order valence-electron chi connectivity index (χ0n) is 13.9. The van der Waals surface area contributed by atoms with E-state index in [0.717, 1.165) is 0 Å². The molecule has 25 heavy (non-hydrogen) atoms. The van der Waals surface area contributed by atoms with Gasteiger partial charge in [-0.1, -0.05) is 0 Å². The van der Waals surface area contributed by atoms with Crippen LogP contribution in [0.2, 0.25) is 0 Å². The number of primary amides is 1. The lowest BCUT2D eigenvalue weighted by molar-refractivity contribution is -0.141. The molecule has 142 valence electrons. The maximum absolute atomic E-state index is 12.0. The van der Waals surface area contributed by atoms with Crippen LogP contribution in [0.15, 0.2) is 4.99 Å². The number of nitrogens with zero attached hydrogens (tertiary/aromatic N) is 1. The van der Waals surface area contributed by atoms with Crippen LogP contribution in [-0.2, 0) is 19.2 Å². The summed E-state index contributed by atoms with van der Waals surface area (Å²) >= 11 is 0. The summed E-state index contributed by atoms with van der Waals surface area (Å²) in [6.07, 6.45) is 0.166. The van der Waals surface area contributed by atoms with E-state index in [1.165, 1.54) is 6.92 Å². The Morgan fingerprint density at radius 3 is 2.16 bits per heavy atom. The number of carbonyl (C=O) groups excluding carboxylic acids is 3. The van der Waals surface area contributed by atoms with E-state index < -0.39 is 48.2 Å². The van der Waals surface area contributed by atoms with E-state index >= 15 is 0 Å². The van der Waals surface area contributed by atoms with Crippen LogP contribution in [0.4, 0.5) is 0 Å². The van der Waals surface area contributed by atoms with Gasteiger partial charge in [0.15, 0.2) is 5.96 Å². The Kier molecular flexibility index (Phi) is 9.56. The van der Waals surface area contributed by atoms with Crippen LogP contribution in [0.3, 0.4) is 0 Å². The van der Waals surface area contributed by atoms with E-state index in [1.807, 2.05) is 0 Å². The molecule has 0 aliphatic rings. The number of carboxylic acid groups (broad SMARTS) is 1. The third kappa shape index (κ3) is 9.76. The highest BCUT2D eigenvalue weighted by Gasteiger charge is 2.27. The third-order valence-corrected chi connectivity index (χ3v) is 3.07. The molecular formula is C13H25N7O5. The highest BCUT2D eigenvalue weighted by Crippen LogP contribution is 1.99. The van der Waals surface area contributed by atoms with Crippen molar-refractivity contribution in [2.75, 3.05) is 6.54 Å². The molecule has 0 rings (SSSR count). The average Bonchev–Trinajstić information content (AvgIpc) is 2.49. The number of hydrogen-bond acceptors (Lipinski definition) is 6. The van der Waals surface area contributed by atoms with Gasteiger partial charge in [0.05, 0.1) is 12.5 Å². The second-order valence-electron chi connectivity index (χ2n) is 5.36. The van der Waals surface area contributed by atoms with Gasteiger partial charge in [0.25, 0.3) is 0 Å². The lowest BCUT2D eigenvalue weighted by Crippen LogP contribution is -2.55. The van der Waals surface area contributed by atoms with E-state index in [0.29, 0.717) is 6.42 Å². The molecule has 12 heteroatoms. The minimum absolute atomic E-state index is 0.0798. The second-order valence-corrected chi connectivity index (χ2v) is 5.36. The van der Waals surface area contributed by atoms with Crippen molar-refractivity contribution < 1.29 is 24.3 Å². The Balaban J connectivity index is 4.70. The predicted octanol–water partition coefficient (Wildman–Crippen LogP) is -3.68. The van der Waals surface area contributed by atoms with Gasteiger partial charge < -0.3 is 38.7 Å². The third-order valence-electron chi connectivity index (χ3n) is 3.07. The normalized spacial score (nSPS) is 13.8. The maximum atomic E-state index is 12.0. The van der Waals surface area contributed by atoms with Crippen LogP contribution in [0, 0.1) is 0 Å². The number of nitrogens with two attached hydrogens (primary N) is 4. The van der Waals surface area contributed by atoms with Crippen molar-refractivity contribution in [1.82, 2.24) is 10.6 Å². The molecule has 3 atom stereocenters. The minimum Gasteiger partial charge on any atom is -0.480 e. The molecule has 0 aromatic heterocycles. The number of hydrogen-bond donors (Lipinski definition) is 7. The van der Waals surface area contributed by atoms with Crippen molar-refractivity contribution in [2.24, 2.45) is 27.9 Å². The molecule has 12 nitrogen and oxygen atoms in total. The molecule has 0 aromatic carbocycles. The number of aliphatic carboxylic acids is 1. The Hall–Kier alpha value is -2.89. The summed E-state index contributed by atoms with van der Waals surface area (Å²) in [6, 6.07) is -3.49. The maximum Gasteiger partial charge on any atom is 0.325 e. The molecule has 0 radical (unpaired) electrons. The summed E-state index contributed by atoms with van der Waals surface area (Å²) in [5.41, 5.74) is 21.1. The Morgan fingerprint density at radius 2 is 1.68 bits per heavy atom. The van der Waals surface area contributed by atoms with Crippen molar-refractivity contribution >= 4 is 29.7 Å². The first kappa shape index (κ1) is 22.1. The Morgan fingerprint density at radius 1 is 1.08 bits per heavy atom. The quantitative estimate of drug-likeness (QED) is 0.110. The van der Waals surface area contributed by atoms with Crippen LogP contribution in [-0.4, -0.2) is 59.4 Å². The van der Waals surface area contributed by atoms with Crippen molar-refractivity contribution in [2.45, 2.75) is 44.3 Å². The van der Waals surface area contributed by atoms with Crippen LogP contribution in [0.5, 0.6) is 0 Å². The fourth-order valence-corrected chi connectivity index (χ4v) is 1.72. The lowest BCUT2D eigenvalue weighted by Gasteiger charge is -2.20. The van der Waals surface area contributed by atoms with E-state index in [2.05, 4.69) is 15.6 Å². The van der Waals surface area contributed by atoms with Gasteiger partial charge >= 0.3 is 5.97 Å². The number of guanidine groups is 1. The molecular weight excluding hydrogens is 334 g/mol. The molecule has 0 spiro atoms. The standard InChI is InChI=1S/C13H25N7O5/c1-6(12(24)25)19-11(23)8(5-9(15)21)20-10(22)7(14)3-2-4-18-13(16)17/h6-8H,2-5,14H2,1H3,(H2,15,21)(H,19,23)(H,20,22)(H,24,25)(H4,16,17,18)/t6-,7-,8-/m0/s1. The van der Waals surface area contributed by atoms with E-state index in [4.69, 9.17) is 28.0 Å². The summed E-state index contributed by atoms with van der Waals surface area (Å²) < 4.78 is 0. The van der Waals surface area contributed by atoms with Crippen molar-refractivity contribution in [3.8, 4) is 0 Å². The molecule has 0 heterocycles. The SMILES string of the molecule is C[C@H](NC(=O)[C@H](CC(N)=O)NC(=O)[C@@H](N)CCCN=C(N)N)C(=O)O. The fraction of sp³-hybridized carbons (Fsp3) is 0.615. The second kappa shape index (κ2) is 10.8. The molecule has 0 bridgehead atoms. The smallest absolute Gasteiger partial charge is 0.325 e. The monoisotopic (exact) mass is 359 g/mol. The van der Waals surface area contributed by atoms with Gasteiger partial charge in [0.2, 0.25) is 17.7 Å². The van der Waals surface area contributed by atoms with Gasteiger partial charge in [-0.3, -0.25) is 24.2 Å². The number of rotatable bonds is 11. The highest BCUT2D eigenvalue weighted by molar-refractivity contribution is 5.94.